The van der Waals surface area contributed by atoms with Crippen LogP contribution < -0.4 is 10.6 Å². The van der Waals surface area contributed by atoms with Crippen molar-refractivity contribution in [3.8, 4) is 0 Å². The highest BCUT2D eigenvalue weighted by molar-refractivity contribution is 7.79. The normalized spacial score (nSPS) is 13.8. The minimum atomic E-state index is -3.12. The predicted molar refractivity (Wildman–Crippen MR) is 105 cm³/mol. The van der Waals surface area contributed by atoms with Gasteiger partial charge < -0.3 is 9.67 Å². The summed E-state index contributed by atoms with van der Waals surface area (Å²) in [6.07, 6.45) is 0.725. The van der Waals surface area contributed by atoms with Crippen LogP contribution in [-0.4, -0.2) is 10.8 Å². The monoisotopic (exact) mass is 348 g/mol. The molecule has 0 aliphatic rings. The van der Waals surface area contributed by atoms with Crippen molar-refractivity contribution in [2.24, 2.45) is 0 Å². The molecule has 3 aromatic rings. The second-order valence-electron chi connectivity index (χ2n) is 5.91. The minimum Gasteiger partial charge on any atom is -0.387 e. The Morgan fingerprint density at radius 1 is 0.760 bits per heavy atom. The first kappa shape index (κ1) is 17.4. The van der Waals surface area contributed by atoms with Gasteiger partial charge in [-0.05, 0) is 5.56 Å². The van der Waals surface area contributed by atoms with E-state index in [4.69, 9.17) is 0 Å². The Kier molecular flexibility index (Phi) is 5.33. The van der Waals surface area contributed by atoms with Gasteiger partial charge in [-0.2, -0.15) is 0 Å². The lowest BCUT2D eigenvalue weighted by molar-refractivity contribution is 0.184. The van der Waals surface area contributed by atoms with Crippen LogP contribution in [0.25, 0.3) is 0 Å². The molecule has 0 aliphatic carbocycles. The highest BCUT2D eigenvalue weighted by atomic mass is 31.2. The van der Waals surface area contributed by atoms with Crippen molar-refractivity contribution >= 4 is 17.8 Å². The Morgan fingerprint density at radius 3 is 1.56 bits per heavy atom. The highest BCUT2D eigenvalue weighted by Crippen LogP contribution is 2.53. The van der Waals surface area contributed by atoms with Crippen molar-refractivity contribution in [2.45, 2.75) is 11.8 Å². The Hall–Kier alpha value is -2.41. The van der Waals surface area contributed by atoms with Crippen molar-refractivity contribution < 1.29 is 9.67 Å². The lowest BCUT2D eigenvalue weighted by Crippen LogP contribution is -2.29. The second-order valence-corrected chi connectivity index (χ2v) is 8.86. The van der Waals surface area contributed by atoms with E-state index in [1.165, 1.54) is 0 Å². The van der Waals surface area contributed by atoms with Crippen LogP contribution in [0.4, 0.5) is 0 Å². The Bertz CT molecular complexity index is 817. The van der Waals surface area contributed by atoms with E-state index in [0.717, 1.165) is 16.2 Å². The number of benzene rings is 3. The maximum absolute atomic E-state index is 14.3. The third kappa shape index (κ3) is 3.37. The maximum atomic E-state index is 14.3. The van der Waals surface area contributed by atoms with Crippen LogP contribution in [0.15, 0.2) is 104 Å². The quantitative estimate of drug-likeness (QED) is 0.533. The molecule has 25 heavy (non-hydrogen) atoms. The smallest absolute Gasteiger partial charge is 0.152 e. The third-order valence-electron chi connectivity index (χ3n) is 4.41. The zero-order valence-corrected chi connectivity index (χ0v) is 14.8. The molecular weight excluding hydrogens is 327 g/mol. The third-order valence-corrected chi connectivity index (χ3v) is 7.87. The van der Waals surface area contributed by atoms with Gasteiger partial charge in [0.15, 0.2) is 7.14 Å². The van der Waals surface area contributed by atoms with Crippen molar-refractivity contribution in [1.82, 2.24) is 0 Å². The van der Waals surface area contributed by atoms with E-state index in [1.807, 2.05) is 91.0 Å². The van der Waals surface area contributed by atoms with E-state index >= 15 is 0 Å². The lowest BCUT2D eigenvalue weighted by atomic mass is 10.1. The van der Waals surface area contributed by atoms with E-state index in [9.17, 15) is 9.67 Å². The molecule has 126 valence electrons. The number of hydrogen-bond donors (Lipinski definition) is 1. The summed E-state index contributed by atoms with van der Waals surface area (Å²) in [6, 6.07) is 28.1. The Labute approximate surface area is 148 Å². The van der Waals surface area contributed by atoms with Crippen LogP contribution in [-0.2, 0) is 4.57 Å². The standard InChI is InChI=1S/C22H21O2P/c1-2-21(22(23)18-12-6-3-7-13-18)25(24,19-14-8-4-9-15-19)20-16-10-5-11-17-20/h2-17,21-23H,1H2. The molecule has 3 aromatic carbocycles. The van der Waals surface area contributed by atoms with E-state index in [0.29, 0.717) is 0 Å². The summed E-state index contributed by atoms with van der Waals surface area (Å²) in [7, 11) is -3.12. The van der Waals surface area contributed by atoms with Crippen molar-refractivity contribution in [1.29, 1.82) is 0 Å². The molecule has 3 rings (SSSR count). The van der Waals surface area contributed by atoms with E-state index in [2.05, 4.69) is 6.58 Å². The molecule has 0 saturated carbocycles. The molecule has 2 unspecified atom stereocenters. The number of rotatable bonds is 6. The maximum Gasteiger partial charge on any atom is 0.152 e. The van der Waals surface area contributed by atoms with Gasteiger partial charge in [-0.3, -0.25) is 0 Å². The fourth-order valence-corrected chi connectivity index (χ4v) is 6.20. The average Bonchev–Trinajstić information content (AvgIpc) is 2.70. The molecule has 0 bridgehead atoms. The van der Waals surface area contributed by atoms with E-state index in [-0.39, 0.29) is 0 Å². The van der Waals surface area contributed by atoms with Crippen molar-refractivity contribution in [2.75, 3.05) is 0 Å². The van der Waals surface area contributed by atoms with Crippen LogP contribution in [0.2, 0.25) is 0 Å². The number of aliphatic hydroxyl groups excluding tert-OH is 1. The minimum absolute atomic E-state index is 0.611. The predicted octanol–water partition coefficient (Wildman–Crippen LogP) is 4.29. The van der Waals surface area contributed by atoms with Gasteiger partial charge in [0, 0.05) is 10.6 Å². The average molecular weight is 348 g/mol. The topological polar surface area (TPSA) is 37.3 Å². The Morgan fingerprint density at radius 2 is 1.16 bits per heavy atom. The molecule has 0 spiro atoms. The van der Waals surface area contributed by atoms with E-state index in [1.54, 1.807) is 6.08 Å². The summed E-state index contributed by atoms with van der Waals surface area (Å²) in [5.41, 5.74) is 0.124. The summed E-state index contributed by atoms with van der Waals surface area (Å²) in [5, 5.41) is 12.4. The summed E-state index contributed by atoms with van der Waals surface area (Å²) in [4.78, 5) is 0. The van der Waals surface area contributed by atoms with Gasteiger partial charge in [0.1, 0.15) is 0 Å². The summed E-state index contributed by atoms with van der Waals surface area (Å²) in [5.74, 6) is 0. The van der Waals surface area contributed by atoms with Crippen LogP contribution in [0, 0.1) is 0 Å². The van der Waals surface area contributed by atoms with Crippen LogP contribution in [0.5, 0.6) is 0 Å². The number of aliphatic hydroxyl groups is 1. The SMILES string of the molecule is C=CC(C(O)c1ccccc1)P(=O)(c1ccccc1)c1ccccc1. The first-order chi connectivity index (χ1) is 12.2. The number of hydrogen-bond acceptors (Lipinski definition) is 2. The summed E-state index contributed by atoms with van der Waals surface area (Å²) >= 11 is 0. The lowest BCUT2D eigenvalue weighted by Gasteiger charge is -2.30. The second kappa shape index (κ2) is 7.65. The molecule has 0 saturated heterocycles. The van der Waals surface area contributed by atoms with Crippen LogP contribution >= 0.6 is 7.14 Å². The van der Waals surface area contributed by atoms with Gasteiger partial charge in [-0.15, -0.1) is 6.58 Å². The molecular formula is C22H21O2P. The van der Waals surface area contributed by atoms with Gasteiger partial charge >= 0.3 is 0 Å². The van der Waals surface area contributed by atoms with Gasteiger partial charge in [-0.1, -0.05) is 97.1 Å². The van der Waals surface area contributed by atoms with Crippen LogP contribution in [0.3, 0.4) is 0 Å². The molecule has 1 N–H and O–H groups in total. The fourth-order valence-electron chi connectivity index (χ4n) is 3.12. The van der Waals surface area contributed by atoms with Gasteiger partial charge in [0.05, 0.1) is 11.8 Å². The zero-order valence-electron chi connectivity index (χ0n) is 13.9. The molecule has 0 amide bonds. The molecule has 0 radical (unpaired) electrons. The molecule has 3 heteroatoms. The highest BCUT2D eigenvalue weighted by Gasteiger charge is 2.39. The van der Waals surface area contributed by atoms with Crippen molar-refractivity contribution in [3.63, 3.8) is 0 Å². The van der Waals surface area contributed by atoms with Gasteiger partial charge in [0.25, 0.3) is 0 Å². The van der Waals surface area contributed by atoms with Gasteiger partial charge in [0.2, 0.25) is 0 Å². The summed E-state index contributed by atoms with van der Waals surface area (Å²) in [6.45, 7) is 3.89. The molecule has 2 atom stereocenters. The first-order valence-electron chi connectivity index (χ1n) is 8.24. The Balaban J connectivity index is 2.17. The summed E-state index contributed by atoms with van der Waals surface area (Å²) < 4.78 is 14.3. The van der Waals surface area contributed by atoms with E-state index < -0.39 is 18.9 Å². The largest absolute Gasteiger partial charge is 0.387 e. The van der Waals surface area contributed by atoms with Crippen molar-refractivity contribution in [3.05, 3.63) is 109 Å². The molecule has 0 fully saturated rings. The molecule has 0 heterocycles. The zero-order chi connectivity index (χ0) is 17.7. The first-order valence-corrected chi connectivity index (χ1v) is 10.0. The molecule has 2 nitrogen and oxygen atoms in total. The molecule has 0 aromatic heterocycles. The fraction of sp³-hybridized carbons (Fsp3) is 0.0909. The van der Waals surface area contributed by atoms with Gasteiger partial charge in [-0.25, -0.2) is 0 Å². The molecule has 0 aliphatic heterocycles. The van der Waals surface area contributed by atoms with Crippen LogP contribution in [0.1, 0.15) is 11.7 Å².